The van der Waals surface area contributed by atoms with Crippen molar-refractivity contribution in [1.29, 1.82) is 0 Å². The SMILES string of the molecule is COc1cc2nc(Cl)c3c(c2cc1F)-c1ccncc1C3=O. The molecule has 108 valence electrons. The number of ether oxygens (including phenoxy) is 1. The zero-order valence-electron chi connectivity index (χ0n) is 11.4. The van der Waals surface area contributed by atoms with Crippen LogP contribution in [0, 0.1) is 5.82 Å². The Labute approximate surface area is 129 Å². The zero-order chi connectivity index (χ0) is 15.4. The Morgan fingerprint density at radius 2 is 2.05 bits per heavy atom. The van der Waals surface area contributed by atoms with Crippen LogP contribution < -0.4 is 4.74 Å². The van der Waals surface area contributed by atoms with E-state index in [4.69, 9.17) is 16.3 Å². The molecular weight excluding hydrogens is 307 g/mol. The van der Waals surface area contributed by atoms with Gasteiger partial charge in [-0.05, 0) is 17.7 Å². The van der Waals surface area contributed by atoms with Crippen LogP contribution in [0.4, 0.5) is 4.39 Å². The highest BCUT2D eigenvalue weighted by atomic mass is 35.5. The van der Waals surface area contributed by atoms with Crippen LogP contribution in [0.15, 0.2) is 30.6 Å². The summed E-state index contributed by atoms with van der Waals surface area (Å²) in [6, 6.07) is 4.51. The quantitative estimate of drug-likeness (QED) is 0.503. The van der Waals surface area contributed by atoms with Crippen molar-refractivity contribution in [2.75, 3.05) is 7.11 Å². The van der Waals surface area contributed by atoms with Gasteiger partial charge in [-0.1, -0.05) is 11.6 Å². The summed E-state index contributed by atoms with van der Waals surface area (Å²) in [5.74, 6) is -0.680. The van der Waals surface area contributed by atoms with Crippen LogP contribution in [-0.4, -0.2) is 22.9 Å². The molecule has 1 aromatic carbocycles. The predicted octanol–water partition coefficient (Wildman–Crippen LogP) is 3.64. The van der Waals surface area contributed by atoms with Gasteiger partial charge in [0.05, 0.1) is 18.2 Å². The molecule has 4 nitrogen and oxygen atoms in total. The maximum Gasteiger partial charge on any atom is 0.198 e. The number of hydrogen-bond donors (Lipinski definition) is 0. The summed E-state index contributed by atoms with van der Waals surface area (Å²) in [5, 5.41) is 0.619. The molecule has 0 N–H and O–H groups in total. The van der Waals surface area contributed by atoms with E-state index in [1.807, 2.05) is 0 Å². The third kappa shape index (κ3) is 1.60. The fourth-order valence-corrected chi connectivity index (χ4v) is 3.08. The molecule has 6 heteroatoms. The van der Waals surface area contributed by atoms with Crippen LogP contribution in [0.2, 0.25) is 5.15 Å². The van der Waals surface area contributed by atoms with Gasteiger partial charge in [0.25, 0.3) is 0 Å². The average molecular weight is 315 g/mol. The van der Waals surface area contributed by atoms with Crippen LogP contribution in [-0.2, 0) is 0 Å². The third-order valence-corrected chi connectivity index (χ3v) is 4.05. The largest absolute Gasteiger partial charge is 0.494 e. The molecular formula is C16H8ClFN2O2. The molecule has 1 aliphatic carbocycles. The fourth-order valence-electron chi connectivity index (χ4n) is 2.81. The number of ketones is 1. The molecule has 0 unspecified atom stereocenters. The summed E-state index contributed by atoms with van der Waals surface area (Å²) in [6.45, 7) is 0. The van der Waals surface area contributed by atoms with Crippen molar-refractivity contribution in [2.45, 2.75) is 0 Å². The van der Waals surface area contributed by atoms with Gasteiger partial charge >= 0.3 is 0 Å². The van der Waals surface area contributed by atoms with Gasteiger partial charge in [0.1, 0.15) is 5.15 Å². The fraction of sp³-hybridized carbons (Fsp3) is 0.0625. The van der Waals surface area contributed by atoms with Crippen LogP contribution in [0.25, 0.3) is 22.0 Å². The topological polar surface area (TPSA) is 52.1 Å². The minimum atomic E-state index is -0.517. The first kappa shape index (κ1) is 13.2. The second-order valence-corrected chi connectivity index (χ2v) is 5.26. The third-order valence-electron chi connectivity index (χ3n) is 3.78. The Hall–Kier alpha value is -2.53. The minimum absolute atomic E-state index is 0.0790. The highest BCUT2D eigenvalue weighted by Gasteiger charge is 2.32. The summed E-state index contributed by atoms with van der Waals surface area (Å²) >= 11 is 6.18. The number of carbonyl (C=O) groups is 1. The number of nitrogens with zero attached hydrogens (tertiary/aromatic N) is 2. The molecule has 22 heavy (non-hydrogen) atoms. The molecule has 0 fully saturated rings. The molecule has 3 aromatic rings. The lowest BCUT2D eigenvalue weighted by Crippen LogP contribution is -1.99. The summed E-state index contributed by atoms with van der Waals surface area (Å²) in [6.07, 6.45) is 3.07. The molecule has 0 spiro atoms. The first-order valence-electron chi connectivity index (χ1n) is 6.47. The van der Waals surface area contributed by atoms with Crippen molar-refractivity contribution in [1.82, 2.24) is 9.97 Å². The molecule has 0 atom stereocenters. The molecule has 2 aromatic heterocycles. The Balaban J connectivity index is 2.19. The number of pyridine rings is 2. The Morgan fingerprint density at radius 1 is 1.23 bits per heavy atom. The summed E-state index contributed by atoms with van der Waals surface area (Å²) in [7, 11) is 1.38. The number of methoxy groups -OCH3 is 1. The summed E-state index contributed by atoms with van der Waals surface area (Å²) in [5.41, 5.74) is 2.50. The number of halogens is 2. The lowest BCUT2D eigenvalue weighted by Gasteiger charge is -2.09. The molecule has 0 amide bonds. The number of hydrogen-bond acceptors (Lipinski definition) is 4. The maximum absolute atomic E-state index is 14.1. The molecule has 0 bridgehead atoms. The number of benzene rings is 1. The van der Waals surface area contributed by atoms with Crippen molar-refractivity contribution in [2.24, 2.45) is 0 Å². The highest BCUT2D eigenvalue weighted by molar-refractivity contribution is 6.38. The van der Waals surface area contributed by atoms with E-state index in [2.05, 4.69) is 9.97 Å². The molecule has 0 aliphatic heterocycles. The van der Waals surface area contributed by atoms with Crippen LogP contribution in [0.5, 0.6) is 5.75 Å². The Kier molecular flexibility index (Phi) is 2.68. The van der Waals surface area contributed by atoms with E-state index in [0.29, 0.717) is 33.2 Å². The Morgan fingerprint density at radius 3 is 2.82 bits per heavy atom. The summed E-state index contributed by atoms with van der Waals surface area (Å²) < 4.78 is 19.0. The molecule has 2 heterocycles. The molecule has 0 saturated carbocycles. The standard InChI is InChI=1S/C16H8ClFN2O2/c1-22-12-5-11-8(4-10(12)18)13-7-2-3-19-6-9(7)15(21)14(13)16(17)20-11/h2-6H,1H3. The van der Waals surface area contributed by atoms with E-state index in [9.17, 15) is 9.18 Å². The lowest BCUT2D eigenvalue weighted by molar-refractivity contribution is 0.104. The van der Waals surface area contributed by atoms with Gasteiger partial charge in [-0.3, -0.25) is 9.78 Å². The number of aromatic nitrogens is 2. The molecule has 0 saturated heterocycles. The van der Waals surface area contributed by atoms with Crippen molar-refractivity contribution in [3.63, 3.8) is 0 Å². The summed E-state index contributed by atoms with van der Waals surface area (Å²) in [4.78, 5) is 20.7. The maximum atomic E-state index is 14.1. The van der Waals surface area contributed by atoms with Gasteiger partial charge in [0.15, 0.2) is 17.3 Å². The molecule has 4 rings (SSSR count). The van der Waals surface area contributed by atoms with E-state index >= 15 is 0 Å². The van der Waals surface area contributed by atoms with E-state index in [0.717, 1.165) is 0 Å². The van der Waals surface area contributed by atoms with Gasteiger partial charge in [-0.15, -0.1) is 0 Å². The first-order chi connectivity index (χ1) is 10.6. The monoisotopic (exact) mass is 314 g/mol. The molecule has 0 radical (unpaired) electrons. The van der Waals surface area contributed by atoms with Crippen molar-refractivity contribution < 1.29 is 13.9 Å². The van der Waals surface area contributed by atoms with E-state index in [1.165, 1.54) is 25.4 Å². The van der Waals surface area contributed by atoms with E-state index in [-0.39, 0.29) is 16.7 Å². The van der Waals surface area contributed by atoms with Crippen LogP contribution in [0.1, 0.15) is 15.9 Å². The second-order valence-electron chi connectivity index (χ2n) is 4.91. The first-order valence-corrected chi connectivity index (χ1v) is 6.85. The van der Waals surface area contributed by atoms with E-state index < -0.39 is 5.82 Å². The van der Waals surface area contributed by atoms with Crippen molar-refractivity contribution in [3.8, 4) is 16.9 Å². The van der Waals surface area contributed by atoms with Gasteiger partial charge in [0, 0.05) is 35.0 Å². The van der Waals surface area contributed by atoms with Gasteiger partial charge < -0.3 is 4.74 Å². The minimum Gasteiger partial charge on any atom is -0.494 e. The highest BCUT2D eigenvalue weighted by Crippen LogP contribution is 2.44. The molecule has 1 aliphatic rings. The normalized spacial score (nSPS) is 12.4. The van der Waals surface area contributed by atoms with Crippen molar-refractivity contribution >= 4 is 28.3 Å². The van der Waals surface area contributed by atoms with Gasteiger partial charge in [-0.2, -0.15) is 0 Å². The van der Waals surface area contributed by atoms with Crippen molar-refractivity contribution in [3.05, 3.63) is 52.7 Å². The lowest BCUT2D eigenvalue weighted by atomic mass is 10.0. The van der Waals surface area contributed by atoms with Gasteiger partial charge in [-0.25, -0.2) is 9.37 Å². The zero-order valence-corrected chi connectivity index (χ0v) is 12.1. The number of fused-ring (bicyclic) bond motifs is 5. The Bertz CT molecular complexity index is 972. The predicted molar refractivity (Wildman–Crippen MR) is 79.9 cm³/mol. The average Bonchev–Trinajstić information content (AvgIpc) is 2.82. The van der Waals surface area contributed by atoms with Crippen LogP contribution in [0.3, 0.4) is 0 Å². The smallest absolute Gasteiger partial charge is 0.198 e. The number of rotatable bonds is 1. The van der Waals surface area contributed by atoms with Crippen LogP contribution >= 0.6 is 11.6 Å². The number of carbonyl (C=O) groups excluding carboxylic acids is 1. The second kappa shape index (κ2) is 4.48. The van der Waals surface area contributed by atoms with Gasteiger partial charge in [0.2, 0.25) is 0 Å². The van der Waals surface area contributed by atoms with E-state index in [1.54, 1.807) is 12.3 Å².